The molecule has 1 atom stereocenters. The molecular weight excluding hydrogens is 306 g/mol. The summed E-state index contributed by atoms with van der Waals surface area (Å²) in [7, 11) is 3.66. The first-order valence-electron chi connectivity index (χ1n) is 8.16. The van der Waals surface area contributed by atoms with Crippen LogP contribution >= 0.6 is 11.8 Å². The average Bonchev–Trinajstić information content (AvgIpc) is 2.88. The lowest BCUT2D eigenvalue weighted by Crippen LogP contribution is -2.24. The van der Waals surface area contributed by atoms with Crippen LogP contribution in [0, 0.1) is 0 Å². The number of aryl methyl sites for hydroxylation is 1. The molecule has 1 aromatic heterocycles. The van der Waals surface area contributed by atoms with Crippen LogP contribution in [0.15, 0.2) is 29.2 Å². The van der Waals surface area contributed by atoms with Crippen LogP contribution in [0.5, 0.6) is 5.88 Å². The summed E-state index contributed by atoms with van der Waals surface area (Å²) in [6, 6.07) is 9.11. The number of ether oxygens (including phenoxy) is 1. The van der Waals surface area contributed by atoms with Crippen molar-refractivity contribution < 1.29 is 4.74 Å². The molecule has 1 aromatic carbocycles. The fourth-order valence-electron chi connectivity index (χ4n) is 3.24. The van der Waals surface area contributed by atoms with Crippen molar-refractivity contribution in [1.82, 2.24) is 15.1 Å². The third kappa shape index (κ3) is 3.26. The summed E-state index contributed by atoms with van der Waals surface area (Å²) in [5.41, 5.74) is 3.72. The zero-order valence-corrected chi connectivity index (χ0v) is 15.1. The molecular formula is C18H25N3OS. The summed E-state index contributed by atoms with van der Waals surface area (Å²) >= 11 is 1.95. The van der Waals surface area contributed by atoms with Gasteiger partial charge in [-0.25, -0.2) is 4.68 Å². The molecule has 124 valence electrons. The summed E-state index contributed by atoms with van der Waals surface area (Å²) in [6.45, 7) is 5.14. The van der Waals surface area contributed by atoms with Gasteiger partial charge < -0.3 is 10.1 Å². The molecule has 0 fully saturated rings. The second-order valence-electron chi connectivity index (χ2n) is 6.26. The first-order valence-corrected chi connectivity index (χ1v) is 9.15. The maximum Gasteiger partial charge on any atom is 0.216 e. The minimum Gasteiger partial charge on any atom is -0.481 e. The van der Waals surface area contributed by atoms with Crippen molar-refractivity contribution in [2.24, 2.45) is 7.05 Å². The Labute approximate surface area is 142 Å². The highest BCUT2D eigenvalue weighted by Crippen LogP contribution is 2.36. The van der Waals surface area contributed by atoms with Gasteiger partial charge in [0.1, 0.15) is 0 Å². The maximum atomic E-state index is 5.57. The van der Waals surface area contributed by atoms with Gasteiger partial charge in [0.25, 0.3) is 0 Å². The monoisotopic (exact) mass is 331 g/mol. The Hall–Kier alpha value is -1.46. The molecule has 23 heavy (non-hydrogen) atoms. The molecule has 1 aliphatic heterocycles. The highest BCUT2D eigenvalue weighted by molar-refractivity contribution is 7.99. The Morgan fingerprint density at radius 3 is 2.91 bits per heavy atom. The number of hydrogen-bond acceptors (Lipinski definition) is 4. The predicted molar refractivity (Wildman–Crippen MR) is 95.2 cm³/mol. The van der Waals surface area contributed by atoms with Crippen molar-refractivity contribution >= 4 is 11.8 Å². The molecule has 2 heterocycles. The fraction of sp³-hybridized carbons (Fsp3) is 0.500. The van der Waals surface area contributed by atoms with Gasteiger partial charge in [0.05, 0.1) is 18.4 Å². The van der Waals surface area contributed by atoms with E-state index >= 15 is 0 Å². The number of benzene rings is 1. The molecule has 1 N–H and O–H groups in total. The summed E-state index contributed by atoms with van der Waals surface area (Å²) in [5, 5.41) is 8.37. The van der Waals surface area contributed by atoms with Crippen LogP contribution in [-0.4, -0.2) is 22.6 Å². The zero-order chi connectivity index (χ0) is 16.4. The van der Waals surface area contributed by atoms with E-state index in [4.69, 9.17) is 4.74 Å². The van der Waals surface area contributed by atoms with E-state index in [1.165, 1.54) is 16.0 Å². The molecule has 0 amide bonds. The van der Waals surface area contributed by atoms with Gasteiger partial charge in [-0.1, -0.05) is 32.0 Å². The van der Waals surface area contributed by atoms with Gasteiger partial charge in [-0.15, -0.1) is 11.8 Å². The number of fused-ring (bicyclic) bond motifs is 1. The molecule has 0 radical (unpaired) electrons. The number of aromatic nitrogens is 2. The lowest BCUT2D eigenvalue weighted by molar-refractivity contribution is 0.366. The number of nitrogens with one attached hydrogen (secondary N) is 1. The minimum atomic E-state index is 0.385. The molecule has 0 saturated heterocycles. The highest BCUT2D eigenvalue weighted by Gasteiger charge is 2.23. The molecule has 0 aliphatic carbocycles. The Balaban J connectivity index is 1.82. The van der Waals surface area contributed by atoms with E-state index in [0.717, 1.165) is 30.3 Å². The van der Waals surface area contributed by atoms with Crippen molar-refractivity contribution in [3.63, 3.8) is 0 Å². The van der Waals surface area contributed by atoms with Crippen molar-refractivity contribution in [3.05, 3.63) is 41.1 Å². The summed E-state index contributed by atoms with van der Waals surface area (Å²) < 4.78 is 7.42. The van der Waals surface area contributed by atoms with Gasteiger partial charge in [0.2, 0.25) is 5.88 Å². The van der Waals surface area contributed by atoms with Gasteiger partial charge in [-0.2, -0.15) is 5.10 Å². The van der Waals surface area contributed by atoms with Crippen molar-refractivity contribution in [2.75, 3.05) is 12.9 Å². The molecule has 0 bridgehead atoms. The van der Waals surface area contributed by atoms with Crippen LogP contribution in [-0.2, 0) is 13.6 Å². The Morgan fingerprint density at radius 1 is 1.39 bits per heavy atom. The topological polar surface area (TPSA) is 39.1 Å². The van der Waals surface area contributed by atoms with Gasteiger partial charge in [0.15, 0.2) is 0 Å². The first-order chi connectivity index (χ1) is 11.1. The normalized spacial score (nSPS) is 17.3. The average molecular weight is 331 g/mol. The molecule has 2 aromatic rings. The number of thioether (sulfide) groups is 1. The van der Waals surface area contributed by atoms with Gasteiger partial charge in [-0.3, -0.25) is 0 Å². The summed E-state index contributed by atoms with van der Waals surface area (Å²) in [6.07, 6.45) is 1.15. The van der Waals surface area contributed by atoms with Crippen LogP contribution in [0.4, 0.5) is 0 Å². The first kappa shape index (κ1) is 16.4. The van der Waals surface area contributed by atoms with Crippen molar-refractivity contribution in [2.45, 2.75) is 43.7 Å². The van der Waals surface area contributed by atoms with E-state index in [1.807, 2.05) is 23.5 Å². The number of nitrogens with zero attached hydrogens (tertiary/aromatic N) is 2. The predicted octanol–water partition coefficient (Wildman–Crippen LogP) is 3.88. The Morgan fingerprint density at radius 2 is 2.17 bits per heavy atom. The lowest BCUT2D eigenvalue weighted by atomic mass is 10.0. The fourth-order valence-corrected chi connectivity index (χ4v) is 4.36. The maximum absolute atomic E-state index is 5.57. The van der Waals surface area contributed by atoms with Crippen molar-refractivity contribution in [1.29, 1.82) is 0 Å². The van der Waals surface area contributed by atoms with Crippen LogP contribution in [0.2, 0.25) is 0 Å². The second kappa shape index (κ2) is 6.97. The van der Waals surface area contributed by atoms with Gasteiger partial charge >= 0.3 is 0 Å². The summed E-state index contributed by atoms with van der Waals surface area (Å²) in [4.78, 5) is 1.40. The standard InChI is InChI=1S/C18H25N3OS/c1-12(2)17-14(18(22-4)21(3)20-17)11-19-15-9-10-23-16-8-6-5-7-13(15)16/h5-8,12,15,19H,9-11H2,1-4H3/t15-/m1/s1. The second-order valence-corrected chi connectivity index (χ2v) is 7.40. The third-order valence-corrected chi connectivity index (χ3v) is 5.47. The van der Waals surface area contributed by atoms with E-state index in [0.29, 0.717) is 12.0 Å². The molecule has 0 spiro atoms. The van der Waals surface area contributed by atoms with Crippen LogP contribution < -0.4 is 10.1 Å². The third-order valence-electron chi connectivity index (χ3n) is 4.34. The van der Waals surface area contributed by atoms with Gasteiger partial charge in [0, 0.05) is 24.5 Å². The van der Waals surface area contributed by atoms with E-state index in [-0.39, 0.29) is 0 Å². The smallest absolute Gasteiger partial charge is 0.216 e. The van der Waals surface area contributed by atoms with E-state index in [2.05, 4.69) is 48.5 Å². The van der Waals surface area contributed by atoms with E-state index in [9.17, 15) is 0 Å². The Bertz CT molecular complexity index is 681. The SMILES string of the molecule is COc1c(CN[C@@H]2CCSc3ccccc32)c(C(C)C)nn1C. The molecule has 3 rings (SSSR count). The quantitative estimate of drug-likeness (QED) is 0.902. The molecule has 0 saturated carbocycles. The zero-order valence-electron chi connectivity index (χ0n) is 14.3. The number of rotatable bonds is 5. The molecule has 0 unspecified atom stereocenters. The number of hydrogen-bond donors (Lipinski definition) is 1. The van der Waals surface area contributed by atoms with Crippen LogP contribution in [0.25, 0.3) is 0 Å². The van der Waals surface area contributed by atoms with Crippen molar-refractivity contribution in [3.8, 4) is 5.88 Å². The highest BCUT2D eigenvalue weighted by atomic mass is 32.2. The lowest BCUT2D eigenvalue weighted by Gasteiger charge is -2.26. The van der Waals surface area contributed by atoms with Crippen LogP contribution in [0.1, 0.15) is 49.0 Å². The molecule has 1 aliphatic rings. The van der Waals surface area contributed by atoms with Gasteiger partial charge in [-0.05, 0) is 29.7 Å². The molecule has 4 nitrogen and oxygen atoms in total. The molecule has 5 heteroatoms. The van der Waals surface area contributed by atoms with E-state index in [1.54, 1.807) is 7.11 Å². The number of methoxy groups -OCH3 is 1. The largest absolute Gasteiger partial charge is 0.481 e. The Kier molecular flexibility index (Phi) is 4.97. The van der Waals surface area contributed by atoms with E-state index < -0.39 is 0 Å². The summed E-state index contributed by atoms with van der Waals surface area (Å²) in [5.74, 6) is 2.41. The van der Waals surface area contributed by atoms with Crippen LogP contribution in [0.3, 0.4) is 0 Å². The minimum absolute atomic E-state index is 0.385.